The van der Waals surface area contributed by atoms with Crippen LogP contribution >= 0.6 is 0 Å². The Hall–Kier alpha value is -5.54. The molecule has 16 heteroatoms. The third kappa shape index (κ3) is 10.0. The first kappa shape index (κ1) is 34.0. The molecule has 2 atom stereocenters. The van der Waals surface area contributed by atoms with Gasteiger partial charge in [0.05, 0.1) is 18.4 Å². The van der Waals surface area contributed by atoms with Gasteiger partial charge in [-0.05, 0) is 43.5 Å². The van der Waals surface area contributed by atoms with Crippen molar-refractivity contribution in [1.29, 1.82) is 0 Å². The van der Waals surface area contributed by atoms with E-state index >= 15 is 0 Å². The van der Waals surface area contributed by atoms with Gasteiger partial charge in [0.15, 0.2) is 16.9 Å². The summed E-state index contributed by atoms with van der Waals surface area (Å²) < 4.78 is 0. The second kappa shape index (κ2) is 16.3. The molecule has 3 rings (SSSR count). The zero-order chi connectivity index (χ0) is 32.9. The zero-order valence-electron chi connectivity index (χ0n) is 24.2. The Kier molecular flexibility index (Phi) is 12.3. The average molecular weight is 624 g/mol. The summed E-state index contributed by atoms with van der Waals surface area (Å²) in [7, 11) is 0. The van der Waals surface area contributed by atoms with Crippen LogP contribution in [0.3, 0.4) is 0 Å². The molecule has 3 aromatic rings. The number of aldehydes is 1. The van der Waals surface area contributed by atoms with Crippen molar-refractivity contribution < 1.29 is 39.0 Å². The monoisotopic (exact) mass is 623 g/mol. The molecule has 7 N–H and O–H groups in total. The third-order valence-corrected chi connectivity index (χ3v) is 6.80. The molecule has 0 aliphatic rings. The van der Waals surface area contributed by atoms with E-state index in [4.69, 9.17) is 5.73 Å². The Bertz CT molecular complexity index is 1620. The van der Waals surface area contributed by atoms with E-state index in [1.807, 2.05) is 0 Å². The highest BCUT2D eigenvalue weighted by atomic mass is 16.4. The Labute approximate surface area is 255 Å². The molecule has 16 nitrogen and oxygen atoms in total. The van der Waals surface area contributed by atoms with Crippen molar-refractivity contribution in [1.82, 2.24) is 25.3 Å². The predicted octanol–water partition coefficient (Wildman–Crippen LogP) is 1.25. The lowest BCUT2D eigenvalue weighted by atomic mass is 9.91. The molecular weight excluding hydrogens is 590 g/mol. The highest BCUT2D eigenvalue weighted by Gasteiger charge is 2.36. The van der Waals surface area contributed by atoms with E-state index in [1.54, 1.807) is 0 Å². The summed E-state index contributed by atoms with van der Waals surface area (Å²) in [6.45, 7) is 0.157. The van der Waals surface area contributed by atoms with Crippen molar-refractivity contribution in [3.63, 3.8) is 0 Å². The number of rotatable bonds is 19. The van der Waals surface area contributed by atoms with Gasteiger partial charge in [-0.3, -0.25) is 29.0 Å². The number of fused-ring (bicyclic) bond motifs is 1. The molecule has 2 aromatic heterocycles. The van der Waals surface area contributed by atoms with Gasteiger partial charge < -0.3 is 31.4 Å². The minimum atomic E-state index is -1.94. The van der Waals surface area contributed by atoms with Crippen LogP contribution < -0.4 is 21.9 Å². The van der Waals surface area contributed by atoms with Crippen molar-refractivity contribution in [3.8, 4) is 0 Å². The normalized spacial score (nSPS) is 12.2. The van der Waals surface area contributed by atoms with E-state index < -0.39 is 53.4 Å². The lowest BCUT2D eigenvalue weighted by Crippen LogP contribution is -2.45. The first-order chi connectivity index (χ1) is 21.5. The number of carboxylic acids is 2. The molecular formula is C29H33N7O9. The van der Waals surface area contributed by atoms with Gasteiger partial charge in [-0.2, -0.15) is 4.98 Å². The van der Waals surface area contributed by atoms with Crippen LogP contribution in [-0.2, 0) is 30.5 Å². The number of nitrogens with two attached hydrogens (primary N) is 1. The van der Waals surface area contributed by atoms with Crippen molar-refractivity contribution in [2.45, 2.75) is 64.0 Å². The number of aromatic nitrogens is 4. The lowest BCUT2D eigenvalue weighted by molar-refractivity contribution is -0.151. The van der Waals surface area contributed by atoms with E-state index in [0.717, 1.165) is 25.5 Å². The van der Waals surface area contributed by atoms with Crippen molar-refractivity contribution >= 4 is 58.5 Å². The maximum atomic E-state index is 12.8. The molecule has 1 aromatic carbocycles. The Balaban J connectivity index is 1.56. The Morgan fingerprint density at radius 3 is 2.31 bits per heavy atom. The number of unbranched alkanes of at least 4 members (excludes halogenated alkanes) is 5. The number of carbonyl (C=O) groups is 6. The molecule has 0 bridgehead atoms. The number of benzene rings is 1. The van der Waals surface area contributed by atoms with Crippen LogP contribution in [0.25, 0.3) is 11.2 Å². The maximum Gasteiger partial charge on any atom is 0.326 e. The molecule has 2 heterocycles. The average Bonchev–Trinajstić information content (AvgIpc) is 3.01. The summed E-state index contributed by atoms with van der Waals surface area (Å²) in [5.74, 6) is -8.25. The van der Waals surface area contributed by atoms with Gasteiger partial charge in [-0.1, -0.05) is 19.3 Å². The van der Waals surface area contributed by atoms with E-state index in [0.29, 0.717) is 30.6 Å². The largest absolute Gasteiger partial charge is 0.481 e. The number of nitrogens with zero attached hydrogens (tertiary/aromatic N) is 3. The van der Waals surface area contributed by atoms with Gasteiger partial charge in [-0.25, -0.2) is 14.8 Å². The molecule has 0 radical (unpaired) electrons. The first-order valence-corrected chi connectivity index (χ1v) is 14.1. The number of hydrogen-bond donors (Lipinski definition) is 6. The first-order valence-electron chi connectivity index (χ1n) is 14.1. The van der Waals surface area contributed by atoms with Crippen LogP contribution in [0.4, 0.5) is 11.6 Å². The van der Waals surface area contributed by atoms with Crippen LogP contribution in [0, 0.1) is 5.92 Å². The molecule has 0 aliphatic heterocycles. The van der Waals surface area contributed by atoms with Gasteiger partial charge in [0.2, 0.25) is 11.7 Å². The van der Waals surface area contributed by atoms with Crippen molar-refractivity contribution in [2.24, 2.45) is 5.92 Å². The number of carboxylic acid groups (broad SMARTS) is 2. The van der Waals surface area contributed by atoms with Gasteiger partial charge in [0, 0.05) is 24.1 Å². The SMILES string of the molecule is Nc1nc2ncc(CNc3ccc(C(=O)NC(CC(C(=O)O)C(=O)C(=O)CCCCCCCC=O)C(=O)O)cc3)nc2c(=O)[nH]1. The van der Waals surface area contributed by atoms with Crippen LogP contribution in [0.15, 0.2) is 35.3 Å². The smallest absolute Gasteiger partial charge is 0.326 e. The standard InChI is InChI=1S/C29H33N7O9/c30-29-35-24-22(26(41)36-29)33-18(15-32-24)14-31-17-10-8-16(9-11-17)25(40)34-20(28(44)45)13-19(27(42)43)23(39)21(38)7-5-3-1-2-4-6-12-37/h8-12,15,19-20,31H,1-7,13-14H2,(H,34,40)(H,42,43)(H,44,45)(H3,30,32,35,36,41). The van der Waals surface area contributed by atoms with Gasteiger partial charge in [0.25, 0.3) is 11.5 Å². The maximum absolute atomic E-state index is 12.8. The van der Waals surface area contributed by atoms with E-state index in [2.05, 4.69) is 30.6 Å². The second-order valence-electron chi connectivity index (χ2n) is 10.2. The van der Waals surface area contributed by atoms with E-state index in [-0.39, 0.29) is 35.6 Å². The zero-order valence-corrected chi connectivity index (χ0v) is 24.2. The molecule has 0 aliphatic carbocycles. The van der Waals surface area contributed by atoms with Gasteiger partial charge in [0.1, 0.15) is 18.2 Å². The molecule has 45 heavy (non-hydrogen) atoms. The predicted molar refractivity (Wildman–Crippen MR) is 159 cm³/mol. The summed E-state index contributed by atoms with van der Waals surface area (Å²) in [4.78, 5) is 98.3. The van der Waals surface area contributed by atoms with Crippen LogP contribution in [0.5, 0.6) is 0 Å². The van der Waals surface area contributed by atoms with Gasteiger partial charge >= 0.3 is 11.9 Å². The molecule has 1 amide bonds. The molecule has 0 fully saturated rings. The molecule has 0 spiro atoms. The minimum absolute atomic E-state index is 0.0123. The number of carbonyl (C=O) groups excluding carboxylic acids is 4. The Morgan fingerprint density at radius 2 is 1.64 bits per heavy atom. The number of ketones is 2. The van der Waals surface area contributed by atoms with E-state index in [9.17, 15) is 43.8 Å². The highest BCUT2D eigenvalue weighted by Crippen LogP contribution is 2.16. The van der Waals surface area contributed by atoms with Crippen molar-refractivity contribution in [2.75, 3.05) is 11.1 Å². The highest BCUT2D eigenvalue weighted by molar-refractivity contribution is 6.41. The minimum Gasteiger partial charge on any atom is -0.481 e. The Morgan fingerprint density at radius 1 is 0.956 bits per heavy atom. The number of H-pyrrole nitrogens is 1. The summed E-state index contributed by atoms with van der Waals surface area (Å²) in [6, 6.07) is 4.08. The fourth-order valence-electron chi connectivity index (χ4n) is 4.37. The molecule has 2 unspecified atom stereocenters. The number of Topliss-reactive ketones (excluding diaryl/α,β-unsaturated/α-hetero) is 2. The van der Waals surface area contributed by atoms with Crippen molar-refractivity contribution in [3.05, 3.63) is 52.1 Å². The topological polar surface area (TPSA) is 264 Å². The summed E-state index contributed by atoms with van der Waals surface area (Å²) in [5.41, 5.74) is 6.08. The molecule has 0 saturated carbocycles. The third-order valence-electron chi connectivity index (χ3n) is 6.80. The fraction of sp³-hybridized carbons (Fsp3) is 0.379. The fourth-order valence-corrected chi connectivity index (χ4v) is 4.37. The number of aromatic amines is 1. The summed E-state index contributed by atoms with van der Waals surface area (Å²) in [5, 5.41) is 24.4. The number of anilines is 2. The van der Waals surface area contributed by atoms with Crippen LogP contribution in [0.2, 0.25) is 0 Å². The quantitative estimate of drug-likeness (QED) is 0.0475. The number of nitrogen functional groups attached to an aromatic ring is 1. The van der Waals surface area contributed by atoms with Gasteiger partial charge in [-0.15, -0.1) is 0 Å². The number of nitrogens with one attached hydrogen (secondary N) is 3. The lowest BCUT2D eigenvalue weighted by Gasteiger charge is -2.18. The number of hydrogen-bond acceptors (Lipinski definition) is 12. The van der Waals surface area contributed by atoms with Crippen LogP contribution in [-0.4, -0.2) is 71.9 Å². The molecule has 238 valence electrons. The van der Waals surface area contributed by atoms with E-state index in [1.165, 1.54) is 30.5 Å². The summed E-state index contributed by atoms with van der Waals surface area (Å²) in [6.07, 6.45) is 4.91. The second-order valence-corrected chi connectivity index (χ2v) is 10.2. The molecule has 0 saturated heterocycles. The van der Waals surface area contributed by atoms with Crippen LogP contribution in [0.1, 0.15) is 67.4 Å². The number of aliphatic carboxylic acids is 2. The summed E-state index contributed by atoms with van der Waals surface area (Å²) >= 11 is 0. The number of amides is 1.